The molecule has 3 aliphatic rings. The summed E-state index contributed by atoms with van der Waals surface area (Å²) >= 11 is 1.72. The van der Waals surface area contributed by atoms with E-state index in [0.717, 1.165) is 31.4 Å². The Kier molecular flexibility index (Phi) is 4.58. The van der Waals surface area contributed by atoms with Crippen LogP contribution in [0.3, 0.4) is 0 Å². The minimum Gasteiger partial charge on any atom is -0.480 e. The highest BCUT2D eigenvalue weighted by Crippen LogP contribution is 2.60. The monoisotopic (exact) mass is 362 g/mol. The van der Waals surface area contributed by atoms with Crippen molar-refractivity contribution in [1.29, 1.82) is 0 Å². The average molecular weight is 363 g/mol. The van der Waals surface area contributed by atoms with Crippen LogP contribution in [0.2, 0.25) is 0 Å². The topological polar surface area (TPSA) is 49.7 Å². The van der Waals surface area contributed by atoms with Crippen LogP contribution in [0.25, 0.3) is 0 Å². The van der Waals surface area contributed by atoms with Crippen LogP contribution in [0.1, 0.15) is 56.6 Å². The second-order valence-corrected chi connectivity index (χ2v) is 9.62. The lowest BCUT2D eigenvalue weighted by Crippen LogP contribution is -2.44. The van der Waals surface area contributed by atoms with Crippen molar-refractivity contribution in [3.05, 3.63) is 29.3 Å². The molecule has 3 aliphatic carbocycles. The molecule has 2 saturated carbocycles. The van der Waals surface area contributed by atoms with Crippen LogP contribution in [-0.2, 0) is 6.42 Å². The molecule has 4 heteroatoms. The molecular formula is C21H30O3S. The number of aliphatic hydroxyl groups excluding tert-OH is 2. The van der Waals surface area contributed by atoms with E-state index < -0.39 is 12.2 Å². The molecule has 25 heavy (non-hydrogen) atoms. The fraction of sp³-hybridized carbons (Fsp3) is 0.714. The normalized spacial score (nSPS) is 40.8. The first-order chi connectivity index (χ1) is 11.9. The van der Waals surface area contributed by atoms with E-state index in [2.05, 4.69) is 38.3 Å². The minimum absolute atomic E-state index is 0.102. The third-order valence-electron chi connectivity index (χ3n) is 7.31. The van der Waals surface area contributed by atoms with E-state index in [1.165, 1.54) is 17.5 Å². The first kappa shape index (κ1) is 17.7. The van der Waals surface area contributed by atoms with Crippen LogP contribution in [0.15, 0.2) is 18.2 Å². The summed E-state index contributed by atoms with van der Waals surface area (Å²) < 4.78 is 5.98. The van der Waals surface area contributed by atoms with Gasteiger partial charge in [-0.25, -0.2) is 0 Å². The van der Waals surface area contributed by atoms with Crippen LogP contribution in [0, 0.1) is 17.3 Å². The Hall–Kier alpha value is -0.710. The number of ether oxygens (including phenoxy) is 1. The molecule has 0 aliphatic heterocycles. The number of fused-ring (bicyclic) bond motifs is 5. The quantitative estimate of drug-likeness (QED) is 0.799. The van der Waals surface area contributed by atoms with Gasteiger partial charge in [0.15, 0.2) is 0 Å². The van der Waals surface area contributed by atoms with E-state index in [4.69, 9.17) is 4.74 Å². The molecule has 2 fully saturated rings. The maximum Gasteiger partial charge on any atom is 0.141 e. The molecule has 1 unspecified atom stereocenters. The Morgan fingerprint density at radius 2 is 2.08 bits per heavy atom. The molecule has 0 spiro atoms. The lowest BCUT2D eigenvalue weighted by Gasteiger charge is -2.49. The van der Waals surface area contributed by atoms with Crippen LogP contribution >= 0.6 is 11.8 Å². The van der Waals surface area contributed by atoms with Gasteiger partial charge in [-0.05, 0) is 91.7 Å². The summed E-state index contributed by atoms with van der Waals surface area (Å²) in [6.07, 6.45) is 6.12. The van der Waals surface area contributed by atoms with Crippen molar-refractivity contribution >= 4 is 11.8 Å². The van der Waals surface area contributed by atoms with Crippen LogP contribution in [0.5, 0.6) is 5.75 Å². The molecule has 0 bridgehead atoms. The molecule has 0 amide bonds. The number of hydrogen-bond donors (Lipinski definition) is 2. The van der Waals surface area contributed by atoms with Crippen LogP contribution in [-0.4, -0.2) is 34.1 Å². The summed E-state index contributed by atoms with van der Waals surface area (Å²) in [7, 11) is 0. The number of aliphatic hydroxyl groups is 2. The Labute approximate surface area is 155 Å². The van der Waals surface area contributed by atoms with Gasteiger partial charge in [0.1, 0.15) is 11.2 Å². The predicted octanol–water partition coefficient (Wildman–Crippen LogP) is 3.96. The number of benzene rings is 1. The maximum atomic E-state index is 10.5. The van der Waals surface area contributed by atoms with Gasteiger partial charge in [0.25, 0.3) is 0 Å². The fourth-order valence-corrected chi connectivity index (χ4v) is 6.07. The van der Waals surface area contributed by atoms with Gasteiger partial charge in [-0.3, -0.25) is 0 Å². The van der Waals surface area contributed by atoms with Gasteiger partial charge in [-0.15, -0.1) is 11.8 Å². The lowest BCUT2D eigenvalue weighted by molar-refractivity contribution is -0.0505. The molecule has 0 aromatic heterocycles. The van der Waals surface area contributed by atoms with Gasteiger partial charge >= 0.3 is 0 Å². The van der Waals surface area contributed by atoms with E-state index in [1.807, 2.05) is 0 Å². The standard InChI is InChI=1S/C21H30O3S/c1-12(25-3)24-14-5-7-15-13(10-14)4-6-17-16(15)8-9-21(2)18(17)11-19(22)20(21)23/h5,7,10,12,16-20,22-23H,4,6,8-9,11H2,1-3H3/t12?,16-,17-,18+,19-,20+,21+/m1/s1. The highest BCUT2D eigenvalue weighted by Gasteiger charge is 2.57. The molecule has 4 rings (SSSR count). The molecule has 2 N–H and O–H groups in total. The highest BCUT2D eigenvalue weighted by molar-refractivity contribution is 7.99. The highest BCUT2D eigenvalue weighted by atomic mass is 32.2. The first-order valence-corrected chi connectivity index (χ1v) is 10.9. The summed E-state index contributed by atoms with van der Waals surface area (Å²) in [6, 6.07) is 6.64. The van der Waals surface area contributed by atoms with Gasteiger partial charge in [-0.1, -0.05) is 13.0 Å². The van der Waals surface area contributed by atoms with Crippen molar-refractivity contribution in [3.8, 4) is 5.75 Å². The summed E-state index contributed by atoms with van der Waals surface area (Å²) in [6.45, 7) is 4.28. The predicted molar refractivity (Wildman–Crippen MR) is 102 cm³/mol. The van der Waals surface area contributed by atoms with E-state index >= 15 is 0 Å². The number of aryl methyl sites for hydroxylation is 1. The number of thioether (sulfide) groups is 1. The smallest absolute Gasteiger partial charge is 0.141 e. The van der Waals surface area contributed by atoms with Gasteiger partial charge in [-0.2, -0.15) is 0 Å². The SMILES string of the molecule is CSC(C)Oc1ccc2c(c1)CC[C@@H]1[C@@H]2CC[C@]2(C)[C@@H](O)[C@H](O)C[C@@H]12. The third-order valence-corrected chi connectivity index (χ3v) is 8.07. The molecule has 0 heterocycles. The Balaban J connectivity index is 1.60. The van der Waals surface area contributed by atoms with Crippen molar-refractivity contribution in [2.45, 2.75) is 69.5 Å². The second kappa shape index (κ2) is 6.47. The van der Waals surface area contributed by atoms with Gasteiger partial charge in [0.2, 0.25) is 0 Å². The molecule has 1 aromatic carbocycles. The van der Waals surface area contributed by atoms with Crippen molar-refractivity contribution in [2.75, 3.05) is 6.26 Å². The van der Waals surface area contributed by atoms with E-state index in [9.17, 15) is 10.2 Å². The largest absolute Gasteiger partial charge is 0.480 e. The van der Waals surface area contributed by atoms with Crippen molar-refractivity contribution in [1.82, 2.24) is 0 Å². The maximum absolute atomic E-state index is 10.5. The minimum atomic E-state index is -0.552. The van der Waals surface area contributed by atoms with Crippen LogP contribution < -0.4 is 4.74 Å². The molecule has 1 aromatic rings. The lowest BCUT2D eigenvalue weighted by atomic mass is 9.55. The van der Waals surface area contributed by atoms with Gasteiger partial charge < -0.3 is 14.9 Å². The zero-order valence-electron chi connectivity index (χ0n) is 15.4. The molecule has 0 saturated heterocycles. The third kappa shape index (κ3) is 2.81. The van der Waals surface area contributed by atoms with Crippen molar-refractivity contribution < 1.29 is 14.9 Å². The van der Waals surface area contributed by atoms with Crippen LogP contribution in [0.4, 0.5) is 0 Å². The summed E-state index contributed by atoms with van der Waals surface area (Å²) in [5, 5.41) is 20.8. The van der Waals surface area contributed by atoms with Crippen molar-refractivity contribution in [3.63, 3.8) is 0 Å². The number of rotatable bonds is 3. The molecule has 3 nitrogen and oxygen atoms in total. The zero-order chi connectivity index (χ0) is 17.8. The zero-order valence-corrected chi connectivity index (χ0v) is 16.3. The van der Waals surface area contributed by atoms with Crippen molar-refractivity contribution in [2.24, 2.45) is 17.3 Å². The Morgan fingerprint density at radius 3 is 2.84 bits per heavy atom. The summed E-state index contributed by atoms with van der Waals surface area (Å²) in [5.74, 6) is 2.59. The average Bonchev–Trinajstić information content (AvgIpc) is 2.85. The Bertz CT molecular complexity index is 648. The van der Waals surface area contributed by atoms with Gasteiger partial charge in [0, 0.05) is 0 Å². The van der Waals surface area contributed by atoms with E-state index in [1.54, 1.807) is 11.8 Å². The second-order valence-electron chi connectivity index (χ2n) is 8.49. The molecule has 138 valence electrons. The van der Waals surface area contributed by atoms with E-state index in [-0.39, 0.29) is 10.9 Å². The summed E-state index contributed by atoms with van der Waals surface area (Å²) in [5.41, 5.74) is 2.99. The fourth-order valence-electron chi connectivity index (χ4n) is 5.86. The molecule has 7 atom stereocenters. The molecular weight excluding hydrogens is 332 g/mol. The Morgan fingerprint density at radius 1 is 1.28 bits per heavy atom. The molecule has 0 radical (unpaired) electrons. The first-order valence-electron chi connectivity index (χ1n) is 9.62. The number of hydrogen-bond acceptors (Lipinski definition) is 4. The van der Waals surface area contributed by atoms with E-state index in [0.29, 0.717) is 17.8 Å². The summed E-state index contributed by atoms with van der Waals surface area (Å²) in [4.78, 5) is 0. The van der Waals surface area contributed by atoms with Gasteiger partial charge in [0.05, 0.1) is 12.2 Å².